The van der Waals surface area contributed by atoms with Gasteiger partial charge in [-0.05, 0) is 118 Å². The number of carbonyl (C=O) groups excluding carboxylic acids is 5. The number of benzene rings is 3. The Hall–Kier alpha value is -4.95. The molecular formula is C79H122BF4N6O9PRhS3+. The van der Waals surface area contributed by atoms with E-state index in [0.717, 1.165) is 55.7 Å². The van der Waals surface area contributed by atoms with Gasteiger partial charge in [0.05, 0.1) is 63.6 Å². The number of amides is 5. The predicted molar refractivity (Wildman–Crippen MR) is 427 cm³/mol. The van der Waals surface area contributed by atoms with E-state index >= 15 is 0 Å². The number of methoxy groups -OCH3 is 2. The van der Waals surface area contributed by atoms with Crippen molar-refractivity contribution in [3.63, 3.8) is 0 Å². The number of fused-ring (bicyclic) bond motifs is 2. The van der Waals surface area contributed by atoms with Crippen molar-refractivity contribution in [1.82, 2.24) is 25.3 Å². The molecule has 5 fully saturated rings. The summed E-state index contributed by atoms with van der Waals surface area (Å²) >= 11 is 0. The van der Waals surface area contributed by atoms with Crippen molar-refractivity contribution >= 4 is 97.0 Å². The molecule has 8 aliphatic rings. The zero-order chi connectivity index (χ0) is 69.7. The Labute approximate surface area is 656 Å². The second kappa shape index (κ2) is 51.4. The molecule has 3 aromatic rings. The molecule has 0 spiro atoms. The molecule has 0 unspecified atom stereocenters. The molecule has 3 atom stereocenters. The number of amidine groups is 1. The molecule has 25 heteroatoms. The van der Waals surface area contributed by atoms with Crippen LogP contribution in [0.4, 0.5) is 22.5 Å². The van der Waals surface area contributed by atoms with Gasteiger partial charge in [0, 0.05) is 40.0 Å². The van der Waals surface area contributed by atoms with Gasteiger partial charge in [0.15, 0.2) is 0 Å². The van der Waals surface area contributed by atoms with Crippen LogP contribution in [0.25, 0.3) is 0 Å². The van der Waals surface area contributed by atoms with Crippen molar-refractivity contribution < 1.29 is 80.0 Å². The number of esters is 2. The van der Waals surface area contributed by atoms with Crippen LogP contribution in [0.5, 0.6) is 0 Å². The molecule has 2 N–H and O–H groups in total. The van der Waals surface area contributed by atoms with E-state index in [1.807, 2.05) is 19.9 Å². The summed E-state index contributed by atoms with van der Waals surface area (Å²) < 4.78 is 48.9. The molecule has 11 rings (SSSR count). The number of hydrogen-bond acceptors (Lipinski definition) is 10. The van der Waals surface area contributed by atoms with Crippen LogP contribution in [0.3, 0.4) is 0 Å². The Bertz CT molecular complexity index is 3050. The van der Waals surface area contributed by atoms with Gasteiger partial charge in [-0.2, -0.15) is 40.5 Å². The Balaban J connectivity index is 0.00000150. The monoisotopic (exact) mass is 1620 g/mol. The number of urea groups is 2. The summed E-state index contributed by atoms with van der Waals surface area (Å²) in [5.74, 6) is 1.65. The fourth-order valence-electron chi connectivity index (χ4n) is 13.9. The average Bonchev–Trinajstić information content (AvgIpc) is 1.57. The largest absolute Gasteiger partial charge is 3.00 e. The number of hydrogen-bond donors (Lipinski definition) is 2. The van der Waals surface area contributed by atoms with Gasteiger partial charge < -0.3 is 62.2 Å². The fourth-order valence-corrected chi connectivity index (χ4v) is 18.3. The van der Waals surface area contributed by atoms with Gasteiger partial charge in [0.25, 0.3) is 0 Å². The molecule has 5 aliphatic carbocycles. The number of nitrogens with zero attached hydrogens (tertiary/aromatic N) is 4. The van der Waals surface area contributed by atoms with Crippen molar-refractivity contribution in [1.29, 1.82) is 0 Å². The standard InChI is InChI=1S/C40H49N2OP.C15H28N2O4.C15H24N2O4.C7H6.2CH4.BF3.FH.Rh.3H2S/c43-40(32-22-10-3-11-23-32)42-38(31-20-8-2-9-21-31)37(30-18-6-1-7-19-30)41-39(42)35-28-16-17-29-36(35)44(33-24-12-4-13-25-33)34-26-14-5-15-27-34;2*1-5-15(2,3)7-6-12(13(18)20-4)16-14(19)17-8-10-21-11-9-17;1-2-7-4-3-6(1)5-7;;;2-1(3)4;;;;;/h1-2,6-9,16-21,28-29,32-34,37-38H,3-5,10-15,22-27H2;12H,5-11H2,1-4H3,(H,16,19);5-6H,1,7-11H2,2-4H3,(H,16,19);1,3,6-7H,5H2;2*1H4;;1H;;3*1H2/q;;;-2;;;;;+3;;;/b;;12-6-;;;;;;;;;/t37-,38-;12-;;;;;;;;;;/m00........../s1. The van der Waals surface area contributed by atoms with Crippen LogP contribution >= 0.6 is 48.4 Å². The molecule has 0 radical (unpaired) electrons. The third-order valence-corrected chi connectivity index (χ3v) is 24.1. The maximum atomic E-state index is 14.9. The Morgan fingerprint density at radius 2 is 1.17 bits per heavy atom. The first kappa shape index (κ1) is 99.0. The first-order chi connectivity index (χ1) is 46.8. The first-order valence-corrected chi connectivity index (χ1v) is 37.3. The quantitative estimate of drug-likeness (QED) is 0.0239. The van der Waals surface area contributed by atoms with Gasteiger partial charge in [0.2, 0.25) is 5.91 Å². The second-order valence-electron chi connectivity index (χ2n) is 28.0. The molecule has 3 aliphatic heterocycles. The van der Waals surface area contributed by atoms with E-state index in [1.165, 1.54) is 108 Å². The molecule has 15 nitrogen and oxygen atoms in total. The summed E-state index contributed by atoms with van der Waals surface area (Å²) in [4.78, 5) is 73.9. The number of aliphatic imine (C=N–C) groups is 1. The van der Waals surface area contributed by atoms with E-state index in [2.05, 4.69) is 152 Å². The first-order valence-electron chi connectivity index (χ1n) is 35.6. The molecule has 5 amide bonds. The molecule has 104 heavy (non-hydrogen) atoms. The number of morpholine rings is 2. The van der Waals surface area contributed by atoms with Crippen LogP contribution < -0.4 is 20.6 Å². The Morgan fingerprint density at radius 3 is 1.62 bits per heavy atom. The van der Waals surface area contributed by atoms with Gasteiger partial charge >= 0.3 is 51.0 Å². The minimum absolute atomic E-state index is 0. The molecule has 3 aromatic carbocycles. The summed E-state index contributed by atoms with van der Waals surface area (Å²) in [5, 5.41) is 6.98. The number of nitrogens with one attached hydrogen (secondary N) is 2. The van der Waals surface area contributed by atoms with Crippen molar-refractivity contribution in [3.8, 4) is 0 Å². The van der Waals surface area contributed by atoms with Gasteiger partial charge in [-0.1, -0.05) is 185 Å². The SMILES string of the molecule is C.C.C=CC(C)(C)C/C=C(\NC(=O)N1CCOCC1)C(=O)OC.CCC(C)(C)CC[C@H](NC(=O)N1CCOCC1)C(=O)OC.FB(F)F.O=C(C1CCCCC1)N1C(c2ccccc2[PH+](C2CCCCC2)C2CCCCC2)=N[C@@H](c2ccccc2)[C@@H]1c1ccccc1.S.S.S.[C-]1=CC2C=[C-]C1C2.[F-].[Rh+3]. The third kappa shape index (κ3) is 31.0. The number of allylic oxidation sites excluding steroid dienone is 6. The Morgan fingerprint density at radius 1 is 0.702 bits per heavy atom. The van der Waals surface area contributed by atoms with Gasteiger partial charge in [-0.15, -0.1) is 6.58 Å². The van der Waals surface area contributed by atoms with Crippen LogP contribution in [0.2, 0.25) is 0 Å². The number of rotatable bonds is 18. The van der Waals surface area contributed by atoms with Gasteiger partial charge in [-0.25, -0.2) is 19.2 Å². The molecule has 0 aromatic heterocycles. The molecule has 584 valence electrons. The third-order valence-electron chi connectivity index (χ3n) is 20.1. The summed E-state index contributed by atoms with van der Waals surface area (Å²) in [5.41, 5.74) is 5.45. The predicted octanol–water partition coefficient (Wildman–Crippen LogP) is 14.2. The number of carbonyl (C=O) groups is 5. The van der Waals surface area contributed by atoms with Crippen LogP contribution in [-0.2, 0) is 52.8 Å². The Kier molecular flexibility index (Phi) is 48.9. The number of halogens is 4. The summed E-state index contributed by atoms with van der Waals surface area (Å²) in [7, 11) is -1.87. The van der Waals surface area contributed by atoms with Crippen LogP contribution in [0.1, 0.15) is 207 Å². The van der Waals surface area contributed by atoms with E-state index < -0.39 is 27.5 Å². The minimum atomic E-state index is -3.67. The maximum absolute atomic E-state index is 14.9. The van der Waals surface area contributed by atoms with E-state index in [-0.39, 0.29) is 132 Å². The zero-order valence-electron chi connectivity index (χ0n) is 60.9. The summed E-state index contributed by atoms with van der Waals surface area (Å²) in [6, 6.07) is 29.4. The zero-order valence-corrected chi connectivity index (χ0v) is 66.5. The van der Waals surface area contributed by atoms with E-state index in [1.54, 1.807) is 21.2 Å². The van der Waals surface area contributed by atoms with Gasteiger partial charge in [0.1, 0.15) is 28.9 Å². The second-order valence-corrected chi connectivity index (χ2v) is 31.0. The van der Waals surface area contributed by atoms with Crippen LogP contribution in [-0.4, -0.2) is 142 Å². The van der Waals surface area contributed by atoms with Crippen LogP contribution in [0, 0.1) is 40.7 Å². The molecule has 3 heterocycles. The van der Waals surface area contributed by atoms with E-state index in [9.17, 15) is 36.9 Å². The average molecular weight is 1620 g/mol. The molecule has 2 saturated heterocycles. The normalized spacial score (nSPS) is 20.1. The van der Waals surface area contributed by atoms with E-state index in [4.69, 9.17) is 23.9 Å². The van der Waals surface area contributed by atoms with Crippen molar-refractivity contribution in [3.05, 3.63) is 150 Å². The van der Waals surface area contributed by atoms with Gasteiger partial charge in [-0.3, -0.25) is 39.8 Å². The maximum Gasteiger partial charge on any atom is 3.00 e. The molecule has 3 saturated carbocycles. The summed E-state index contributed by atoms with van der Waals surface area (Å²) in [6.45, 7) is 18.4. The summed E-state index contributed by atoms with van der Waals surface area (Å²) in [6.07, 6.45) is 37.8. The smallest absolute Gasteiger partial charge is 1.00 e. The minimum Gasteiger partial charge on any atom is -1.00 e. The number of ether oxygens (including phenoxy) is 4. The van der Waals surface area contributed by atoms with Crippen molar-refractivity contribution in [2.75, 3.05) is 66.8 Å². The molecular weight excluding hydrogens is 1490 g/mol. The topological polar surface area (TPSA) is 168 Å². The fraction of sp³-hybridized carbons (Fsp3) is 0.595. The van der Waals surface area contributed by atoms with E-state index in [0.29, 0.717) is 83.2 Å². The van der Waals surface area contributed by atoms with Crippen LogP contribution in [0.15, 0.2) is 127 Å². The molecule has 2 bridgehead atoms. The van der Waals surface area contributed by atoms with Crippen molar-refractivity contribution in [2.45, 2.75) is 207 Å². The van der Waals surface area contributed by atoms with Crippen molar-refractivity contribution in [2.24, 2.45) is 33.6 Å².